The highest BCUT2D eigenvalue weighted by Gasteiger charge is 2.10. The van der Waals surface area contributed by atoms with Crippen LogP contribution in [0.3, 0.4) is 0 Å². The number of rotatable bonds is 8. The number of amides is 3. The molecular formula is C18H19ClN6O2S. The number of thiazole rings is 1. The maximum Gasteiger partial charge on any atom is 0.325 e. The largest absolute Gasteiger partial charge is 0.356 e. The van der Waals surface area contributed by atoms with Gasteiger partial charge in [0.2, 0.25) is 5.91 Å². The van der Waals surface area contributed by atoms with Gasteiger partial charge >= 0.3 is 6.03 Å². The summed E-state index contributed by atoms with van der Waals surface area (Å²) in [7, 11) is 0. The summed E-state index contributed by atoms with van der Waals surface area (Å²) >= 11 is 7.08. The number of benzene rings is 1. The molecule has 1 aromatic carbocycles. The van der Waals surface area contributed by atoms with E-state index in [0.717, 1.165) is 13.0 Å². The van der Waals surface area contributed by atoms with Crippen molar-refractivity contribution in [1.82, 2.24) is 19.9 Å². The molecule has 0 aliphatic carbocycles. The molecular weight excluding hydrogens is 400 g/mol. The maximum absolute atomic E-state index is 12.0. The molecule has 3 rings (SSSR count). The van der Waals surface area contributed by atoms with Gasteiger partial charge in [-0.1, -0.05) is 11.6 Å². The average molecular weight is 419 g/mol. The Kier molecular flexibility index (Phi) is 6.99. The second kappa shape index (κ2) is 9.86. The van der Waals surface area contributed by atoms with Gasteiger partial charge < -0.3 is 15.2 Å². The normalized spacial score (nSPS) is 10.5. The number of anilines is 2. The van der Waals surface area contributed by atoms with Crippen LogP contribution in [0.2, 0.25) is 5.02 Å². The Bertz CT molecular complexity index is 911. The van der Waals surface area contributed by atoms with Gasteiger partial charge in [-0.15, -0.1) is 11.3 Å². The molecule has 8 nitrogen and oxygen atoms in total. The van der Waals surface area contributed by atoms with Crippen LogP contribution in [-0.4, -0.2) is 33.0 Å². The minimum atomic E-state index is -0.410. The van der Waals surface area contributed by atoms with E-state index >= 15 is 0 Å². The lowest BCUT2D eigenvalue weighted by Crippen LogP contribution is -2.27. The zero-order chi connectivity index (χ0) is 19.8. The first-order valence-electron chi connectivity index (χ1n) is 8.59. The van der Waals surface area contributed by atoms with Gasteiger partial charge in [0.25, 0.3) is 0 Å². The van der Waals surface area contributed by atoms with E-state index < -0.39 is 6.03 Å². The van der Waals surface area contributed by atoms with Gasteiger partial charge in [-0.2, -0.15) is 0 Å². The van der Waals surface area contributed by atoms with Crippen LogP contribution in [0.5, 0.6) is 0 Å². The van der Waals surface area contributed by atoms with Crippen molar-refractivity contribution in [2.24, 2.45) is 0 Å². The molecule has 0 aliphatic rings. The van der Waals surface area contributed by atoms with Crippen molar-refractivity contribution in [3.63, 3.8) is 0 Å². The number of aromatic nitrogens is 3. The van der Waals surface area contributed by atoms with E-state index in [1.54, 1.807) is 42.2 Å². The van der Waals surface area contributed by atoms with Gasteiger partial charge in [0.15, 0.2) is 5.13 Å². The third-order valence-electron chi connectivity index (χ3n) is 3.69. The number of hydrogen-bond acceptors (Lipinski definition) is 5. The summed E-state index contributed by atoms with van der Waals surface area (Å²) in [5.74, 6) is -0.104. The molecule has 0 aliphatic heterocycles. The number of aryl methyl sites for hydroxylation is 1. The number of carbonyl (C=O) groups is 2. The summed E-state index contributed by atoms with van der Waals surface area (Å²) < 4.78 is 1.96. The average Bonchev–Trinajstić information content (AvgIpc) is 3.33. The molecule has 0 spiro atoms. The second-order valence-electron chi connectivity index (χ2n) is 5.91. The van der Waals surface area contributed by atoms with E-state index in [-0.39, 0.29) is 12.3 Å². The molecule has 2 heterocycles. The highest BCUT2D eigenvalue weighted by molar-refractivity contribution is 7.14. The molecule has 0 fully saturated rings. The summed E-state index contributed by atoms with van der Waals surface area (Å²) in [4.78, 5) is 32.2. The molecule has 28 heavy (non-hydrogen) atoms. The van der Waals surface area contributed by atoms with Crippen LogP contribution in [0.25, 0.3) is 0 Å². The van der Waals surface area contributed by atoms with Crippen LogP contribution in [0, 0.1) is 0 Å². The number of nitrogens with one attached hydrogen (secondary N) is 3. The van der Waals surface area contributed by atoms with Crippen LogP contribution >= 0.6 is 22.9 Å². The molecule has 2 aromatic heterocycles. The molecule has 0 bridgehead atoms. The van der Waals surface area contributed by atoms with E-state index in [9.17, 15) is 9.59 Å². The lowest BCUT2D eigenvalue weighted by Gasteiger charge is -2.05. The monoisotopic (exact) mass is 418 g/mol. The molecule has 3 amide bonds. The van der Waals surface area contributed by atoms with Gasteiger partial charge in [0.05, 0.1) is 18.4 Å². The number of nitrogens with zero attached hydrogens (tertiary/aromatic N) is 3. The third-order valence-corrected chi connectivity index (χ3v) is 4.75. The van der Waals surface area contributed by atoms with Crippen LogP contribution in [0.4, 0.5) is 15.6 Å². The molecule has 10 heteroatoms. The molecule has 3 aromatic rings. The van der Waals surface area contributed by atoms with Gasteiger partial charge in [0, 0.05) is 41.6 Å². The minimum Gasteiger partial charge on any atom is -0.356 e. The fourth-order valence-electron chi connectivity index (χ4n) is 2.37. The van der Waals surface area contributed by atoms with Crippen molar-refractivity contribution in [2.75, 3.05) is 17.2 Å². The number of carbonyl (C=O) groups excluding carboxylic acids is 2. The van der Waals surface area contributed by atoms with Gasteiger partial charge in [-0.3, -0.25) is 10.1 Å². The number of urea groups is 1. The van der Waals surface area contributed by atoms with E-state index in [2.05, 4.69) is 25.9 Å². The van der Waals surface area contributed by atoms with Crippen molar-refractivity contribution >= 4 is 45.7 Å². The quantitative estimate of drug-likeness (QED) is 0.488. The fraction of sp³-hybridized carbons (Fsp3) is 0.222. The summed E-state index contributed by atoms with van der Waals surface area (Å²) in [5, 5.41) is 11.0. The molecule has 3 N–H and O–H groups in total. The first-order chi connectivity index (χ1) is 13.6. The maximum atomic E-state index is 12.0. The first kappa shape index (κ1) is 19.8. The molecule has 0 saturated heterocycles. The summed E-state index contributed by atoms with van der Waals surface area (Å²) in [6.07, 6.45) is 6.34. The molecule has 0 radical (unpaired) electrons. The Morgan fingerprint density at radius 2 is 2.00 bits per heavy atom. The SMILES string of the molecule is O=C(Cc1csc(NC(=O)Nc2ccc(Cl)cc2)n1)NCCCn1ccnc1. The number of hydrogen-bond donors (Lipinski definition) is 3. The van der Waals surface area contributed by atoms with Gasteiger partial charge in [-0.05, 0) is 30.7 Å². The fourth-order valence-corrected chi connectivity index (χ4v) is 3.20. The van der Waals surface area contributed by atoms with E-state index in [4.69, 9.17) is 11.6 Å². The summed E-state index contributed by atoms with van der Waals surface area (Å²) in [6, 6.07) is 6.37. The van der Waals surface area contributed by atoms with Crippen molar-refractivity contribution in [1.29, 1.82) is 0 Å². The predicted octanol–water partition coefficient (Wildman–Crippen LogP) is 3.39. The predicted molar refractivity (Wildman–Crippen MR) is 110 cm³/mol. The lowest BCUT2D eigenvalue weighted by atomic mass is 10.3. The Balaban J connectivity index is 1.38. The zero-order valence-corrected chi connectivity index (χ0v) is 16.5. The molecule has 146 valence electrons. The molecule has 0 unspecified atom stereocenters. The Morgan fingerprint density at radius 1 is 1.18 bits per heavy atom. The van der Waals surface area contributed by atoms with Crippen LogP contribution in [-0.2, 0) is 17.8 Å². The van der Waals surface area contributed by atoms with Crippen molar-refractivity contribution in [3.8, 4) is 0 Å². The smallest absolute Gasteiger partial charge is 0.325 e. The molecule has 0 atom stereocenters. The van der Waals surface area contributed by atoms with E-state index in [1.165, 1.54) is 11.3 Å². The number of imidazole rings is 1. The van der Waals surface area contributed by atoms with Crippen LogP contribution in [0.1, 0.15) is 12.1 Å². The standard InChI is InChI=1S/C18H19ClN6O2S/c19-13-2-4-14(5-3-13)22-17(27)24-18-23-15(11-28-18)10-16(26)21-6-1-8-25-9-7-20-12-25/h2-5,7,9,11-12H,1,6,8,10H2,(H,21,26)(H2,22,23,24,27). The summed E-state index contributed by atoms with van der Waals surface area (Å²) in [5.41, 5.74) is 1.23. The first-order valence-corrected chi connectivity index (χ1v) is 9.84. The van der Waals surface area contributed by atoms with Crippen molar-refractivity contribution < 1.29 is 9.59 Å². The minimum absolute atomic E-state index is 0.104. The molecule has 0 saturated carbocycles. The zero-order valence-electron chi connectivity index (χ0n) is 14.9. The van der Waals surface area contributed by atoms with Gasteiger partial charge in [-0.25, -0.2) is 14.8 Å². The Hall–Kier alpha value is -2.91. The third kappa shape index (κ3) is 6.36. The summed E-state index contributed by atoms with van der Waals surface area (Å²) in [6.45, 7) is 1.38. The highest BCUT2D eigenvalue weighted by Crippen LogP contribution is 2.17. The highest BCUT2D eigenvalue weighted by atomic mass is 35.5. The van der Waals surface area contributed by atoms with Crippen molar-refractivity contribution in [3.05, 3.63) is 59.1 Å². The lowest BCUT2D eigenvalue weighted by molar-refractivity contribution is -0.120. The topological polar surface area (TPSA) is 101 Å². The van der Waals surface area contributed by atoms with Crippen molar-refractivity contribution in [2.45, 2.75) is 19.4 Å². The van der Waals surface area contributed by atoms with E-state index in [0.29, 0.717) is 28.1 Å². The Labute approximate surface area is 171 Å². The Morgan fingerprint density at radius 3 is 2.75 bits per heavy atom. The van der Waals surface area contributed by atoms with Crippen LogP contribution in [0.15, 0.2) is 48.4 Å². The van der Waals surface area contributed by atoms with Crippen LogP contribution < -0.4 is 16.0 Å². The van der Waals surface area contributed by atoms with Gasteiger partial charge in [0.1, 0.15) is 0 Å². The van der Waals surface area contributed by atoms with E-state index in [1.807, 2.05) is 10.8 Å². The second-order valence-corrected chi connectivity index (χ2v) is 7.21. The number of halogens is 1.